The lowest BCUT2D eigenvalue weighted by atomic mass is 10.4. The summed E-state index contributed by atoms with van der Waals surface area (Å²) in [5.41, 5.74) is 0.602. The summed E-state index contributed by atoms with van der Waals surface area (Å²) in [4.78, 5) is 15.3. The molecule has 0 aromatic carbocycles. The van der Waals surface area contributed by atoms with E-state index in [1.807, 2.05) is 0 Å². The first-order chi connectivity index (χ1) is 8.32. The summed E-state index contributed by atoms with van der Waals surface area (Å²) in [5, 5.41) is 3.61. The molecular formula is C9H8ClN3O4S. The van der Waals surface area contributed by atoms with Gasteiger partial charge >= 0.3 is 5.97 Å². The van der Waals surface area contributed by atoms with E-state index in [0.29, 0.717) is 5.69 Å². The van der Waals surface area contributed by atoms with Crippen LogP contribution in [0.2, 0.25) is 0 Å². The summed E-state index contributed by atoms with van der Waals surface area (Å²) in [6.07, 6.45) is 0. The normalized spacial score (nSPS) is 11.7. The Hall–Kier alpha value is -1.67. The van der Waals surface area contributed by atoms with Gasteiger partial charge in [0.25, 0.3) is 9.05 Å². The first-order valence-electron chi connectivity index (χ1n) is 4.73. The van der Waals surface area contributed by atoms with Gasteiger partial charge in [-0.25, -0.2) is 22.7 Å². The van der Waals surface area contributed by atoms with E-state index in [9.17, 15) is 13.2 Å². The molecule has 2 aromatic rings. The quantitative estimate of drug-likeness (QED) is 0.460. The molecule has 2 aromatic heterocycles. The molecule has 0 saturated heterocycles. The molecule has 0 unspecified atom stereocenters. The molecule has 9 heteroatoms. The number of ether oxygens (including phenoxy) is 1. The molecule has 0 amide bonds. The van der Waals surface area contributed by atoms with Crippen molar-refractivity contribution in [2.24, 2.45) is 0 Å². The van der Waals surface area contributed by atoms with Crippen molar-refractivity contribution in [3.8, 4) is 0 Å². The number of esters is 1. The number of methoxy groups -OCH3 is 1. The number of aryl methyl sites for hydroxylation is 1. The van der Waals surface area contributed by atoms with Crippen LogP contribution in [0.3, 0.4) is 0 Å². The third-order valence-electron chi connectivity index (χ3n) is 2.16. The summed E-state index contributed by atoms with van der Waals surface area (Å²) in [5.74, 6) is -0.752. The van der Waals surface area contributed by atoms with E-state index in [1.54, 1.807) is 6.92 Å². The third-order valence-corrected chi connectivity index (χ3v) is 3.43. The first-order valence-corrected chi connectivity index (χ1v) is 7.04. The van der Waals surface area contributed by atoms with Crippen molar-refractivity contribution in [2.75, 3.05) is 7.11 Å². The van der Waals surface area contributed by atoms with Crippen molar-refractivity contribution in [3.63, 3.8) is 0 Å². The number of hydrogen-bond acceptors (Lipinski definition) is 6. The van der Waals surface area contributed by atoms with Gasteiger partial charge in [0.2, 0.25) is 0 Å². The van der Waals surface area contributed by atoms with Crippen molar-refractivity contribution in [1.82, 2.24) is 14.6 Å². The molecule has 0 aliphatic carbocycles. The van der Waals surface area contributed by atoms with Gasteiger partial charge in [0.15, 0.2) is 16.4 Å². The van der Waals surface area contributed by atoms with Crippen molar-refractivity contribution in [1.29, 1.82) is 0 Å². The number of aromatic nitrogens is 3. The standard InChI is InChI=1S/C9H8ClN3O4S/c1-5-3-7-11-6(9(14)17-2)4-8(13(7)12-5)18(10,15)16/h3-4H,1-2H3. The van der Waals surface area contributed by atoms with Crippen molar-refractivity contribution in [2.45, 2.75) is 11.9 Å². The molecule has 18 heavy (non-hydrogen) atoms. The predicted molar refractivity (Wildman–Crippen MR) is 62.1 cm³/mol. The van der Waals surface area contributed by atoms with E-state index in [0.717, 1.165) is 10.6 Å². The molecule has 0 bridgehead atoms. The van der Waals surface area contributed by atoms with Crippen molar-refractivity contribution >= 4 is 31.3 Å². The van der Waals surface area contributed by atoms with Crippen molar-refractivity contribution in [3.05, 3.63) is 23.5 Å². The summed E-state index contributed by atoms with van der Waals surface area (Å²) in [6, 6.07) is 2.55. The lowest BCUT2D eigenvalue weighted by molar-refractivity contribution is 0.0593. The Morgan fingerprint density at radius 1 is 1.44 bits per heavy atom. The number of carbonyl (C=O) groups is 1. The van der Waals surface area contributed by atoms with Gasteiger partial charge in [0.1, 0.15) is 0 Å². The second kappa shape index (κ2) is 4.21. The topological polar surface area (TPSA) is 90.6 Å². The van der Waals surface area contributed by atoms with Gasteiger partial charge in [-0.2, -0.15) is 5.10 Å². The predicted octanol–water partition coefficient (Wildman–Crippen LogP) is 0.752. The molecule has 0 radical (unpaired) electrons. The van der Waals surface area contributed by atoms with Crippen LogP contribution in [0.5, 0.6) is 0 Å². The largest absolute Gasteiger partial charge is 0.464 e. The zero-order valence-corrected chi connectivity index (χ0v) is 11.0. The summed E-state index contributed by atoms with van der Waals surface area (Å²) < 4.78 is 28.4. The monoisotopic (exact) mass is 289 g/mol. The number of halogens is 1. The Bertz CT molecular complexity index is 738. The highest BCUT2D eigenvalue weighted by molar-refractivity contribution is 8.13. The van der Waals surface area contributed by atoms with Gasteiger partial charge in [0, 0.05) is 22.8 Å². The zero-order chi connectivity index (χ0) is 13.5. The minimum absolute atomic E-state index is 0.149. The highest BCUT2D eigenvalue weighted by Gasteiger charge is 2.21. The van der Waals surface area contributed by atoms with Crippen LogP contribution in [0.25, 0.3) is 5.65 Å². The van der Waals surface area contributed by atoms with E-state index in [1.165, 1.54) is 13.2 Å². The Morgan fingerprint density at radius 2 is 2.11 bits per heavy atom. The Kier molecular flexibility index (Phi) is 2.99. The fourth-order valence-electron chi connectivity index (χ4n) is 1.44. The average molecular weight is 290 g/mol. The van der Waals surface area contributed by atoms with E-state index >= 15 is 0 Å². The van der Waals surface area contributed by atoms with Crippen LogP contribution in [0.15, 0.2) is 17.2 Å². The smallest absolute Gasteiger partial charge is 0.356 e. The van der Waals surface area contributed by atoms with E-state index in [2.05, 4.69) is 14.8 Å². The van der Waals surface area contributed by atoms with E-state index in [-0.39, 0.29) is 16.4 Å². The average Bonchev–Trinajstić information content (AvgIpc) is 2.65. The molecule has 2 heterocycles. The lowest BCUT2D eigenvalue weighted by Gasteiger charge is -2.03. The molecule has 0 atom stereocenters. The highest BCUT2D eigenvalue weighted by atomic mass is 35.7. The van der Waals surface area contributed by atoms with Crippen LogP contribution in [-0.4, -0.2) is 36.1 Å². The van der Waals surface area contributed by atoms with Crippen molar-refractivity contribution < 1.29 is 17.9 Å². The van der Waals surface area contributed by atoms with Gasteiger partial charge in [-0.1, -0.05) is 0 Å². The molecule has 0 aliphatic heterocycles. The number of fused-ring (bicyclic) bond motifs is 1. The SMILES string of the molecule is COC(=O)c1cc(S(=O)(=O)Cl)n2nc(C)cc2n1. The molecule has 0 N–H and O–H groups in total. The molecule has 7 nitrogen and oxygen atoms in total. The van der Waals surface area contributed by atoms with Crippen LogP contribution in [-0.2, 0) is 13.8 Å². The molecule has 0 spiro atoms. The van der Waals surface area contributed by atoms with Crippen LogP contribution >= 0.6 is 10.7 Å². The molecular weight excluding hydrogens is 282 g/mol. The Morgan fingerprint density at radius 3 is 2.67 bits per heavy atom. The third kappa shape index (κ3) is 2.16. The van der Waals surface area contributed by atoms with Crippen LogP contribution in [0.1, 0.15) is 16.2 Å². The van der Waals surface area contributed by atoms with Gasteiger partial charge < -0.3 is 4.74 Å². The maximum absolute atomic E-state index is 11.4. The number of nitrogens with zero attached hydrogens (tertiary/aromatic N) is 3. The minimum Gasteiger partial charge on any atom is -0.464 e. The Balaban J connectivity index is 2.85. The van der Waals surface area contributed by atoms with Crippen LogP contribution in [0.4, 0.5) is 0 Å². The molecule has 0 fully saturated rings. The van der Waals surface area contributed by atoms with E-state index in [4.69, 9.17) is 10.7 Å². The van der Waals surface area contributed by atoms with E-state index < -0.39 is 15.0 Å². The highest BCUT2D eigenvalue weighted by Crippen LogP contribution is 2.18. The molecule has 0 aliphatic rings. The number of hydrogen-bond donors (Lipinski definition) is 0. The van der Waals surface area contributed by atoms with Crippen LogP contribution < -0.4 is 0 Å². The van der Waals surface area contributed by atoms with Gasteiger partial charge in [-0.3, -0.25) is 0 Å². The second-order valence-electron chi connectivity index (χ2n) is 3.46. The summed E-state index contributed by atoms with van der Waals surface area (Å²) in [7, 11) is 2.41. The van der Waals surface area contributed by atoms with Gasteiger partial charge in [0.05, 0.1) is 12.8 Å². The second-order valence-corrected chi connectivity index (χ2v) is 5.98. The fourth-order valence-corrected chi connectivity index (χ4v) is 2.37. The summed E-state index contributed by atoms with van der Waals surface area (Å²) in [6.45, 7) is 1.66. The Labute approximate surface area is 107 Å². The minimum atomic E-state index is -4.06. The fraction of sp³-hybridized carbons (Fsp3) is 0.222. The zero-order valence-electron chi connectivity index (χ0n) is 9.42. The summed E-state index contributed by atoms with van der Waals surface area (Å²) >= 11 is 0. The molecule has 2 rings (SSSR count). The maximum Gasteiger partial charge on any atom is 0.356 e. The molecule has 0 saturated carbocycles. The first kappa shape index (κ1) is 12.8. The molecule has 96 valence electrons. The maximum atomic E-state index is 11.4. The van der Waals surface area contributed by atoms with Crippen LogP contribution in [0, 0.1) is 6.92 Å². The van der Waals surface area contributed by atoms with Gasteiger partial charge in [-0.05, 0) is 6.92 Å². The number of carbonyl (C=O) groups excluding carboxylic acids is 1. The lowest BCUT2D eigenvalue weighted by Crippen LogP contribution is -2.10. The van der Waals surface area contributed by atoms with Gasteiger partial charge in [-0.15, -0.1) is 0 Å². The number of rotatable bonds is 2.